The van der Waals surface area contributed by atoms with Crippen LogP contribution in [-0.4, -0.2) is 19.9 Å². The molecular formula is C21H20FN5. The molecule has 4 rings (SSSR count). The van der Waals surface area contributed by atoms with Crippen molar-refractivity contribution in [3.8, 4) is 0 Å². The minimum Gasteiger partial charge on any atom is -0.366 e. The van der Waals surface area contributed by atoms with Gasteiger partial charge in [0.05, 0.1) is 0 Å². The Morgan fingerprint density at radius 3 is 2.67 bits per heavy atom. The summed E-state index contributed by atoms with van der Waals surface area (Å²) in [6.45, 7) is 4.74. The Bertz CT molecular complexity index is 1080. The number of aromatic amines is 1. The first kappa shape index (κ1) is 17.1. The van der Waals surface area contributed by atoms with E-state index in [1.165, 1.54) is 17.5 Å². The fraction of sp³-hybridized carbons (Fsp3) is 0.190. The van der Waals surface area contributed by atoms with Gasteiger partial charge in [0, 0.05) is 36.3 Å². The van der Waals surface area contributed by atoms with Crippen LogP contribution in [0, 0.1) is 19.8 Å². The first-order valence-electron chi connectivity index (χ1n) is 8.81. The highest BCUT2D eigenvalue weighted by Crippen LogP contribution is 2.21. The van der Waals surface area contributed by atoms with Crippen LogP contribution < -0.4 is 5.32 Å². The molecule has 1 aromatic carbocycles. The second-order valence-electron chi connectivity index (χ2n) is 6.77. The van der Waals surface area contributed by atoms with Crippen LogP contribution in [0.3, 0.4) is 0 Å². The number of pyridine rings is 1. The third kappa shape index (κ3) is 3.79. The number of rotatable bonds is 5. The van der Waals surface area contributed by atoms with Crippen molar-refractivity contribution in [2.45, 2.75) is 26.8 Å². The molecule has 136 valence electrons. The van der Waals surface area contributed by atoms with Gasteiger partial charge in [-0.15, -0.1) is 0 Å². The predicted octanol–water partition coefficient (Wildman–Crippen LogP) is 4.31. The van der Waals surface area contributed by atoms with Crippen LogP contribution >= 0.6 is 0 Å². The van der Waals surface area contributed by atoms with E-state index in [4.69, 9.17) is 0 Å². The van der Waals surface area contributed by atoms with E-state index in [-0.39, 0.29) is 0 Å². The van der Waals surface area contributed by atoms with Crippen molar-refractivity contribution in [2.24, 2.45) is 0 Å². The van der Waals surface area contributed by atoms with Crippen molar-refractivity contribution in [3.63, 3.8) is 0 Å². The number of hydrogen-bond acceptors (Lipinski definition) is 4. The number of halogens is 1. The summed E-state index contributed by atoms with van der Waals surface area (Å²) >= 11 is 0. The maximum absolute atomic E-state index is 14.5. The molecule has 0 unspecified atom stereocenters. The first-order valence-corrected chi connectivity index (χ1v) is 8.81. The number of nitrogens with one attached hydrogen (secondary N) is 2. The van der Waals surface area contributed by atoms with Crippen molar-refractivity contribution in [3.05, 3.63) is 82.8 Å². The second kappa shape index (κ2) is 7.15. The number of fused-ring (bicyclic) bond motifs is 1. The Kier molecular flexibility index (Phi) is 4.54. The number of benzene rings is 1. The van der Waals surface area contributed by atoms with E-state index in [0.717, 1.165) is 22.2 Å². The van der Waals surface area contributed by atoms with Crippen LogP contribution in [0.15, 0.2) is 49.1 Å². The molecule has 2 N–H and O–H groups in total. The maximum atomic E-state index is 14.5. The van der Waals surface area contributed by atoms with Gasteiger partial charge in [0.1, 0.15) is 17.8 Å². The molecule has 3 heterocycles. The van der Waals surface area contributed by atoms with Crippen LogP contribution in [-0.2, 0) is 13.0 Å². The van der Waals surface area contributed by atoms with Crippen LogP contribution in [0.1, 0.15) is 27.8 Å². The fourth-order valence-corrected chi connectivity index (χ4v) is 3.32. The molecule has 0 atom stereocenters. The molecule has 0 aliphatic rings. The van der Waals surface area contributed by atoms with Gasteiger partial charge in [0.2, 0.25) is 5.95 Å². The van der Waals surface area contributed by atoms with Gasteiger partial charge in [-0.05, 0) is 31.0 Å². The smallest absolute Gasteiger partial charge is 0.218 e. The average molecular weight is 361 g/mol. The summed E-state index contributed by atoms with van der Waals surface area (Å²) in [5.74, 6) is 0.0595. The van der Waals surface area contributed by atoms with E-state index in [2.05, 4.69) is 57.3 Å². The highest BCUT2D eigenvalue weighted by atomic mass is 19.1. The van der Waals surface area contributed by atoms with Crippen molar-refractivity contribution in [2.75, 3.05) is 5.32 Å². The molecule has 4 aromatic rings. The van der Waals surface area contributed by atoms with Gasteiger partial charge in [-0.25, -0.2) is 15.0 Å². The number of aromatic nitrogens is 4. The van der Waals surface area contributed by atoms with Crippen molar-refractivity contribution in [1.29, 1.82) is 0 Å². The molecule has 0 saturated heterocycles. The SMILES string of the molecule is Cc1cc(C)cc(CNc2ccc(Cc3c[nH]c4ncncc34)c(F)n2)c1. The standard InChI is InChI=1S/C21H20FN5/c1-13-5-14(2)7-15(6-13)9-24-19-4-3-16(20(22)27-19)8-17-10-25-21-18(17)11-23-12-26-21/h3-7,10-12H,8-9H2,1-2H3,(H,24,27)(H,23,25,26). The Labute approximate surface area is 156 Å². The summed E-state index contributed by atoms with van der Waals surface area (Å²) in [4.78, 5) is 15.4. The maximum Gasteiger partial charge on any atom is 0.218 e. The summed E-state index contributed by atoms with van der Waals surface area (Å²) < 4.78 is 14.5. The zero-order valence-electron chi connectivity index (χ0n) is 15.3. The summed E-state index contributed by atoms with van der Waals surface area (Å²) in [6, 6.07) is 9.95. The van der Waals surface area contributed by atoms with Crippen LogP contribution in [0.4, 0.5) is 10.2 Å². The van der Waals surface area contributed by atoms with Gasteiger partial charge in [0.25, 0.3) is 0 Å². The lowest BCUT2D eigenvalue weighted by atomic mass is 10.1. The molecule has 0 bridgehead atoms. The molecule has 3 aromatic heterocycles. The Balaban J connectivity index is 1.49. The quantitative estimate of drug-likeness (QED) is 0.520. The summed E-state index contributed by atoms with van der Waals surface area (Å²) in [5.41, 5.74) is 5.81. The fourth-order valence-electron chi connectivity index (χ4n) is 3.32. The summed E-state index contributed by atoms with van der Waals surface area (Å²) in [7, 11) is 0. The summed E-state index contributed by atoms with van der Waals surface area (Å²) in [6.07, 6.45) is 5.49. The number of aryl methyl sites for hydroxylation is 2. The van der Waals surface area contributed by atoms with Crippen molar-refractivity contribution >= 4 is 16.9 Å². The van der Waals surface area contributed by atoms with Crippen LogP contribution in [0.25, 0.3) is 11.0 Å². The first-order chi connectivity index (χ1) is 13.1. The molecule has 0 fully saturated rings. The highest BCUT2D eigenvalue weighted by Gasteiger charge is 2.10. The van der Waals surface area contributed by atoms with Gasteiger partial charge in [-0.2, -0.15) is 4.39 Å². The number of anilines is 1. The topological polar surface area (TPSA) is 66.5 Å². The molecule has 5 nitrogen and oxygen atoms in total. The molecular weight excluding hydrogens is 341 g/mol. The molecule has 0 aliphatic heterocycles. The normalized spacial score (nSPS) is 11.1. The van der Waals surface area contributed by atoms with Crippen LogP contribution in [0.2, 0.25) is 0 Å². The van der Waals surface area contributed by atoms with E-state index in [0.29, 0.717) is 24.3 Å². The minimum absolute atomic E-state index is 0.434. The molecule has 6 heteroatoms. The lowest BCUT2D eigenvalue weighted by Crippen LogP contribution is -2.04. The Morgan fingerprint density at radius 2 is 1.89 bits per heavy atom. The average Bonchev–Trinajstić information content (AvgIpc) is 3.04. The van der Waals surface area contributed by atoms with Gasteiger partial charge >= 0.3 is 0 Å². The van der Waals surface area contributed by atoms with E-state index in [1.54, 1.807) is 12.3 Å². The highest BCUT2D eigenvalue weighted by molar-refractivity contribution is 5.78. The molecule has 0 radical (unpaired) electrons. The minimum atomic E-state index is -0.466. The van der Waals surface area contributed by atoms with Crippen molar-refractivity contribution in [1.82, 2.24) is 19.9 Å². The number of H-pyrrole nitrogens is 1. The van der Waals surface area contributed by atoms with E-state index < -0.39 is 5.95 Å². The zero-order chi connectivity index (χ0) is 18.8. The van der Waals surface area contributed by atoms with Gasteiger partial charge < -0.3 is 10.3 Å². The monoisotopic (exact) mass is 361 g/mol. The van der Waals surface area contributed by atoms with E-state index >= 15 is 0 Å². The van der Waals surface area contributed by atoms with Gasteiger partial charge in [-0.1, -0.05) is 35.4 Å². The largest absolute Gasteiger partial charge is 0.366 e. The van der Waals surface area contributed by atoms with Gasteiger partial charge in [0.15, 0.2) is 0 Å². The number of nitrogens with zero attached hydrogens (tertiary/aromatic N) is 3. The Morgan fingerprint density at radius 1 is 1.07 bits per heavy atom. The lowest BCUT2D eigenvalue weighted by molar-refractivity contribution is 0.571. The molecule has 27 heavy (non-hydrogen) atoms. The number of hydrogen-bond donors (Lipinski definition) is 2. The Hall–Kier alpha value is -3.28. The van der Waals surface area contributed by atoms with Crippen LogP contribution in [0.5, 0.6) is 0 Å². The van der Waals surface area contributed by atoms with E-state index in [9.17, 15) is 4.39 Å². The summed E-state index contributed by atoms with van der Waals surface area (Å²) in [5, 5.41) is 4.09. The zero-order valence-corrected chi connectivity index (χ0v) is 15.3. The molecule has 0 saturated carbocycles. The molecule has 0 amide bonds. The predicted molar refractivity (Wildman–Crippen MR) is 104 cm³/mol. The second-order valence-corrected chi connectivity index (χ2v) is 6.77. The van der Waals surface area contributed by atoms with E-state index in [1.807, 2.05) is 12.3 Å². The van der Waals surface area contributed by atoms with Gasteiger partial charge in [-0.3, -0.25) is 0 Å². The lowest BCUT2D eigenvalue weighted by Gasteiger charge is -2.09. The molecule has 0 spiro atoms. The van der Waals surface area contributed by atoms with Crippen molar-refractivity contribution < 1.29 is 4.39 Å². The third-order valence-corrected chi connectivity index (χ3v) is 4.50. The third-order valence-electron chi connectivity index (χ3n) is 4.50. The molecule has 0 aliphatic carbocycles.